The summed E-state index contributed by atoms with van der Waals surface area (Å²) in [4.78, 5) is 12.0. The van der Waals surface area contributed by atoms with E-state index in [0.717, 1.165) is 18.4 Å². The molecule has 0 aliphatic heterocycles. The van der Waals surface area contributed by atoms with Crippen molar-refractivity contribution >= 4 is 18.3 Å². The molecule has 1 fully saturated rings. The minimum atomic E-state index is -0.564. The van der Waals surface area contributed by atoms with Crippen molar-refractivity contribution in [2.45, 2.75) is 50.7 Å². The number of carbonyl (C=O) groups is 1. The fraction of sp³-hybridized carbons (Fsp3) is 0.588. The van der Waals surface area contributed by atoms with Gasteiger partial charge in [0.1, 0.15) is 0 Å². The lowest BCUT2D eigenvalue weighted by Crippen LogP contribution is -2.46. The van der Waals surface area contributed by atoms with Gasteiger partial charge in [0.15, 0.2) is 0 Å². The van der Waals surface area contributed by atoms with Crippen LogP contribution in [0, 0.1) is 5.92 Å². The molecule has 1 aromatic carbocycles. The van der Waals surface area contributed by atoms with Crippen molar-refractivity contribution in [3.63, 3.8) is 0 Å². The highest BCUT2D eigenvalue weighted by atomic mass is 35.5. The second-order valence-electron chi connectivity index (χ2n) is 6.01. The number of hydrogen-bond acceptors (Lipinski definition) is 3. The van der Waals surface area contributed by atoms with Gasteiger partial charge in [-0.1, -0.05) is 49.6 Å². The van der Waals surface area contributed by atoms with E-state index in [1.54, 1.807) is 0 Å². The molecule has 22 heavy (non-hydrogen) atoms. The second kappa shape index (κ2) is 9.82. The van der Waals surface area contributed by atoms with E-state index in [2.05, 4.69) is 5.32 Å². The molecule has 0 saturated heterocycles. The van der Waals surface area contributed by atoms with E-state index in [4.69, 9.17) is 5.73 Å². The Balaban J connectivity index is 0.00000242. The van der Waals surface area contributed by atoms with Crippen LogP contribution in [0.1, 0.15) is 37.7 Å². The summed E-state index contributed by atoms with van der Waals surface area (Å²) in [5.41, 5.74) is 6.97. The van der Waals surface area contributed by atoms with Gasteiger partial charge in [0.05, 0.1) is 12.1 Å². The molecule has 0 radical (unpaired) electrons. The molecule has 1 amide bonds. The van der Waals surface area contributed by atoms with E-state index >= 15 is 0 Å². The van der Waals surface area contributed by atoms with Gasteiger partial charge in [0.25, 0.3) is 0 Å². The number of rotatable bonds is 6. The maximum Gasteiger partial charge on any atom is 0.237 e. The lowest BCUT2D eigenvalue weighted by Gasteiger charge is -2.27. The number of carbonyl (C=O) groups excluding carboxylic acids is 1. The molecule has 1 saturated carbocycles. The molecule has 2 rings (SSSR count). The van der Waals surface area contributed by atoms with Crippen molar-refractivity contribution in [1.82, 2.24) is 5.32 Å². The second-order valence-corrected chi connectivity index (χ2v) is 6.01. The number of nitrogens with one attached hydrogen (secondary N) is 1. The van der Waals surface area contributed by atoms with E-state index < -0.39 is 12.1 Å². The third-order valence-electron chi connectivity index (χ3n) is 4.31. The molecule has 2 atom stereocenters. The Bertz CT molecular complexity index is 436. The molecule has 1 unspecified atom stereocenters. The number of benzene rings is 1. The fourth-order valence-electron chi connectivity index (χ4n) is 2.98. The summed E-state index contributed by atoms with van der Waals surface area (Å²) >= 11 is 0. The molecule has 0 bridgehead atoms. The molecule has 4 nitrogen and oxygen atoms in total. The number of aliphatic hydroxyl groups is 1. The van der Waals surface area contributed by atoms with Crippen molar-refractivity contribution in [3.8, 4) is 0 Å². The van der Waals surface area contributed by atoms with E-state index in [0.29, 0.717) is 18.9 Å². The number of aliphatic hydroxyl groups excluding tert-OH is 1. The van der Waals surface area contributed by atoms with Gasteiger partial charge in [-0.05, 0) is 30.7 Å². The Kier molecular flexibility index (Phi) is 8.46. The van der Waals surface area contributed by atoms with Gasteiger partial charge in [0.2, 0.25) is 5.91 Å². The summed E-state index contributed by atoms with van der Waals surface area (Å²) < 4.78 is 0. The van der Waals surface area contributed by atoms with Crippen LogP contribution in [0.15, 0.2) is 30.3 Å². The lowest BCUT2D eigenvalue weighted by atomic mass is 9.85. The molecule has 0 spiro atoms. The number of amides is 1. The van der Waals surface area contributed by atoms with Crippen molar-refractivity contribution in [3.05, 3.63) is 35.9 Å². The molecule has 124 valence electrons. The molecular weight excluding hydrogens is 300 g/mol. The van der Waals surface area contributed by atoms with Crippen LogP contribution in [0.2, 0.25) is 0 Å². The molecule has 1 aliphatic rings. The Labute approximate surface area is 138 Å². The predicted octanol–water partition coefficient (Wildman–Crippen LogP) is 2.04. The van der Waals surface area contributed by atoms with Gasteiger partial charge >= 0.3 is 0 Å². The van der Waals surface area contributed by atoms with Crippen LogP contribution < -0.4 is 11.1 Å². The monoisotopic (exact) mass is 326 g/mol. The van der Waals surface area contributed by atoms with Gasteiger partial charge in [-0.2, -0.15) is 0 Å². The van der Waals surface area contributed by atoms with E-state index in [1.807, 2.05) is 30.3 Å². The van der Waals surface area contributed by atoms with Crippen LogP contribution >= 0.6 is 12.4 Å². The summed E-state index contributed by atoms with van der Waals surface area (Å²) in [5.74, 6) is 0.137. The summed E-state index contributed by atoms with van der Waals surface area (Å²) in [7, 11) is 0. The average Bonchev–Trinajstić information content (AvgIpc) is 2.54. The molecule has 1 aliphatic carbocycles. The van der Waals surface area contributed by atoms with Crippen LogP contribution in [0.4, 0.5) is 0 Å². The standard InChI is InChI=1S/C17H26N2O2.ClH/c18-15(11-13-7-3-1-4-8-13)17(21)19-12-16(20)14-9-5-2-6-10-14;/h1,3-4,7-8,14-16,20H,2,5-6,9-12,18H2,(H,19,21);1H/t15-,16?;/m0./s1. The van der Waals surface area contributed by atoms with Crippen LogP contribution in [-0.2, 0) is 11.2 Å². The Morgan fingerprint density at radius 3 is 2.50 bits per heavy atom. The highest BCUT2D eigenvalue weighted by Crippen LogP contribution is 2.26. The maximum atomic E-state index is 12.0. The van der Waals surface area contributed by atoms with Crippen LogP contribution in [-0.4, -0.2) is 29.7 Å². The average molecular weight is 327 g/mol. The third-order valence-corrected chi connectivity index (χ3v) is 4.31. The summed E-state index contributed by atoms with van der Waals surface area (Å²) in [5, 5.41) is 12.9. The number of hydrogen-bond donors (Lipinski definition) is 3. The zero-order valence-corrected chi connectivity index (χ0v) is 13.7. The first-order chi connectivity index (χ1) is 10.2. The summed E-state index contributed by atoms with van der Waals surface area (Å²) in [6, 6.07) is 9.18. The normalized spacial score (nSPS) is 18.1. The minimum absolute atomic E-state index is 0. The maximum absolute atomic E-state index is 12.0. The Morgan fingerprint density at radius 1 is 1.23 bits per heavy atom. The molecule has 0 aromatic heterocycles. The SMILES string of the molecule is Cl.N[C@@H](Cc1ccccc1)C(=O)NCC(O)C1CCCCC1. The van der Waals surface area contributed by atoms with Gasteiger partial charge in [-0.3, -0.25) is 4.79 Å². The first-order valence-corrected chi connectivity index (χ1v) is 7.92. The smallest absolute Gasteiger partial charge is 0.237 e. The molecule has 4 N–H and O–H groups in total. The quantitative estimate of drug-likeness (QED) is 0.748. The topological polar surface area (TPSA) is 75.4 Å². The zero-order valence-electron chi connectivity index (χ0n) is 12.9. The Morgan fingerprint density at radius 2 is 1.86 bits per heavy atom. The Hall–Kier alpha value is -1.10. The van der Waals surface area contributed by atoms with Crippen molar-refractivity contribution in [1.29, 1.82) is 0 Å². The van der Waals surface area contributed by atoms with Crippen molar-refractivity contribution in [2.24, 2.45) is 11.7 Å². The fourth-order valence-corrected chi connectivity index (χ4v) is 2.98. The van der Waals surface area contributed by atoms with Gasteiger partial charge in [0, 0.05) is 6.54 Å². The van der Waals surface area contributed by atoms with Gasteiger partial charge in [-0.15, -0.1) is 12.4 Å². The minimum Gasteiger partial charge on any atom is -0.391 e. The molecule has 5 heteroatoms. The van der Waals surface area contributed by atoms with Crippen molar-refractivity contribution < 1.29 is 9.90 Å². The third kappa shape index (κ3) is 5.95. The van der Waals surface area contributed by atoms with E-state index in [-0.39, 0.29) is 18.3 Å². The highest BCUT2D eigenvalue weighted by molar-refractivity contribution is 5.85. The number of halogens is 1. The van der Waals surface area contributed by atoms with Crippen LogP contribution in [0.5, 0.6) is 0 Å². The molecule has 1 aromatic rings. The first kappa shape index (κ1) is 18.9. The van der Waals surface area contributed by atoms with E-state index in [9.17, 15) is 9.90 Å². The summed E-state index contributed by atoms with van der Waals surface area (Å²) in [6.07, 6.45) is 5.83. The zero-order chi connectivity index (χ0) is 15.1. The molecule has 0 heterocycles. The highest BCUT2D eigenvalue weighted by Gasteiger charge is 2.23. The first-order valence-electron chi connectivity index (χ1n) is 7.92. The largest absolute Gasteiger partial charge is 0.391 e. The summed E-state index contributed by atoms with van der Waals surface area (Å²) in [6.45, 7) is 0.311. The van der Waals surface area contributed by atoms with Crippen molar-refractivity contribution in [2.75, 3.05) is 6.54 Å². The van der Waals surface area contributed by atoms with Crippen LogP contribution in [0.25, 0.3) is 0 Å². The lowest BCUT2D eigenvalue weighted by molar-refractivity contribution is -0.123. The van der Waals surface area contributed by atoms with Crippen LogP contribution in [0.3, 0.4) is 0 Å². The van der Waals surface area contributed by atoms with Gasteiger partial charge in [-0.25, -0.2) is 0 Å². The van der Waals surface area contributed by atoms with E-state index in [1.165, 1.54) is 19.3 Å². The van der Waals surface area contributed by atoms with Gasteiger partial charge < -0.3 is 16.2 Å². The molecular formula is C17H27ClN2O2. The number of nitrogens with two attached hydrogens (primary N) is 1. The predicted molar refractivity (Wildman–Crippen MR) is 91.0 cm³/mol.